The van der Waals surface area contributed by atoms with Crippen LogP contribution in [0.4, 0.5) is 0 Å². The number of carbonyl (C=O) groups excluding carboxylic acids is 2. The summed E-state index contributed by atoms with van der Waals surface area (Å²) in [5.74, 6) is -0.969. The zero-order valence-corrected chi connectivity index (χ0v) is 26.8. The number of unbranched alkanes of at least 4 members (excludes halogenated alkanes) is 7. The molecule has 0 saturated carbocycles. The highest BCUT2D eigenvalue weighted by atomic mass is 31.2. The van der Waals surface area contributed by atoms with Gasteiger partial charge in [-0.2, -0.15) is 0 Å². The van der Waals surface area contributed by atoms with Crippen molar-refractivity contribution in [2.75, 3.05) is 13.2 Å². The Morgan fingerprint density at radius 2 is 1.14 bits per heavy atom. The van der Waals surface area contributed by atoms with Gasteiger partial charge in [-0.15, -0.1) is 0 Å². The summed E-state index contributed by atoms with van der Waals surface area (Å²) >= 11 is 0. The predicted octanol–water partition coefficient (Wildman–Crippen LogP) is 8.61. The van der Waals surface area contributed by atoms with E-state index in [4.69, 9.17) is 19.3 Å². The maximum atomic E-state index is 12.2. The zero-order chi connectivity index (χ0) is 31.2. The third kappa shape index (κ3) is 30.7. The molecular formula is C33H55O8P. The van der Waals surface area contributed by atoms with Gasteiger partial charge in [-0.1, -0.05) is 113 Å². The molecule has 0 amide bonds. The largest absolute Gasteiger partial charge is 0.469 e. The number of phosphoric acid groups is 1. The van der Waals surface area contributed by atoms with Crippen molar-refractivity contribution in [3.63, 3.8) is 0 Å². The number of esters is 2. The summed E-state index contributed by atoms with van der Waals surface area (Å²) in [4.78, 5) is 42.2. The van der Waals surface area contributed by atoms with E-state index < -0.39 is 32.5 Å². The molecule has 0 rings (SSSR count). The second-order valence-electron chi connectivity index (χ2n) is 10.1. The Morgan fingerprint density at radius 3 is 1.69 bits per heavy atom. The normalized spacial score (nSPS) is 13.3. The average molecular weight is 611 g/mol. The van der Waals surface area contributed by atoms with Gasteiger partial charge in [0.1, 0.15) is 6.61 Å². The van der Waals surface area contributed by atoms with Gasteiger partial charge < -0.3 is 19.3 Å². The van der Waals surface area contributed by atoms with Crippen LogP contribution >= 0.6 is 7.82 Å². The lowest BCUT2D eigenvalue weighted by Crippen LogP contribution is -2.29. The molecule has 0 saturated heterocycles. The van der Waals surface area contributed by atoms with Gasteiger partial charge in [0.25, 0.3) is 0 Å². The summed E-state index contributed by atoms with van der Waals surface area (Å²) in [5.41, 5.74) is 0. The van der Waals surface area contributed by atoms with Crippen LogP contribution in [0, 0.1) is 0 Å². The van der Waals surface area contributed by atoms with Gasteiger partial charge in [0.05, 0.1) is 6.61 Å². The topological polar surface area (TPSA) is 119 Å². The van der Waals surface area contributed by atoms with Gasteiger partial charge in [-0.25, -0.2) is 4.57 Å². The molecule has 1 atom stereocenters. The Labute approximate surface area is 254 Å². The molecule has 2 N–H and O–H groups in total. The van der Waals surface area contributed by atoms with Crippen molar-refractivity contribution >= 4 is 19.8 Å². The van der Waals surface area contributed by atoms with E-state index in [2.05, 4.69) is 73.1 Å². The van der Waals surface area contributed by atoms with Gasteiger partial charge in [-0.3, -0.25) is 14.1 Å². The summed E-state index contributed by atoms with van der Waals surface area (Å²) in [6, 6.07) is 0. The molecular weight excluding hydrogens is 555 g/mol. The first kappa shape index (κ1) is 39.8. The summed E-state index contributed by atoms with van der Waals surface area (Å²) in [7, 11) is -4.75. The van der Waals surface area contributed by atoms with E-state index in [1.54, 1.807) is 0 Å². The van der Waals surface area contributed by atoms with Crippen molar-refractivity contribution < 1.29 is 37.9 Å². The average Bonchev–Trinajstić information content (AvgIpc) is 2.95. The number of phosphoric ester groups is 1. The number of ether oxygens (including phenoxy) is 2. The molecule has 0 heterocycles. The zero-order valence-electron chi connectivity index (χ0n) is 25.9. The van der Waals surface area contributed by atoms with E-state index in [0.717, 1.165) is 57.8 Å². The maximum absolute atomic E-state index is 12.2. The van der Waals surface area contributed by atoms with E-state index in [0.29, 0.717) is 12.8 Å². The van der Waals surface area contributed by atoms with Crippen LogP contribution < -0.4 is 0 Å². The highest BCUT2D eigenvalue weighted by Crippen LogP contribution is 2.35. The molecule has 0 aliphatic carbocycles. The van der Waals surface area contributed by atoms with E-state index >= 15 is 0 Å². The fourth-order valence-corrected chi connectivity index (χ4v) is 4.12. The molecule has 0 aliphatic rings. The van der Waals surface area contributed by atoms with Crippen molar-refractivity contribution in [1.82, 2.24) is 0 Å². The minimum Gasteiger partial charge on any atom is -0.462 e. The monoisotopic (exact) mass is 610 g/mol. The number of allylic oxidation sites excluding steroid dienone is 10. The Balaban J connectivity index is 4.13. The van der Waals surface area contributed by atoms with Crippen LogP contribution in [0.15, 0.2) is 60.8 Å². The lowest BCUT2D eigenvalue weighted by molar-refractivity contribution is -0.161. The van der Waals surface area contributed by atoms with E-state index in [1.807, 2.05) is 6.08 Å². The first-order valence-electron chi connectivity index (χ1n) is 15.6. The molecule has 0 aromatic heterocycles. The van der Waals surface area contributed by atoms with Crippen LogP contribution in [0.25, 0.3) is 0 Å². The fourth-order valence-electron chi connectivity index (χ4n) is 3.76. The van der Waals surface area contributed by atoms with E-state index in [9.17, 15) is 14.2 Å². The Bertz CT molecular complexity index is 869. The molecule has 0 fully saturated rings. The van der Waals surface area contributed by atoms with E-state index in [1.165, 1.54) is 19.3 Å². The van der Waals surface area contributed by atoms with Crippen molar-refractivity contribution in [3.8, 4) is 0 Å². The first-order valence-corrected chi connectivity index (χ1v) is 17.1. The highest BCUT2D eigenvalue weighted by molar-refractivity contribution is 7.46. The summed E-state index contributed by atoms with van der Waals surface area (Å²) < 4.78 is 26.0. The quantitative estimate of drug-likeness (QED) is 0.0411. The van der Waals surface area contributed by atoms with Crippen LogP contribution in [-0.2, 0) is 28.2 Å². The van der Waals surface area contributed by atoms with Crippen molar-refractivity contribution in [2.45, 2.75) is 123 Å². The molecule has 9 heteroatoms. The third-order valence-corrected chi connectivity index (χ3v) is 6.54. The maximum Gasteiger partial charge on any atom is 0.469 e. The molecule has 0 bridgehead atoms. The molecule has 0 spiro atoms. The molecule has 8 nitrogen and oxygen atoms in total. The minimum absolute atomic E-state index is 0.187. The second-order valence-corrected chi connectivity index (χ2v) is 11.3. The molecule has 240 valence electrons. The molecule has 42 heavy (non-hydrogen) atoms. The third-order valence-electron chi connectivity index (χ3n) is 6.05. The Morgan fingerprint density at radius 1 is 0.643 bits per heavy atom. The molecule has 0 unspecified atom stereocenters. The first-order chi connectivity index (χ1) is 20.3. The lowest BCUT2D eigenvalue weighted by Gasteiger charge is -2.18. The van der Waals surface area contributed by atoms with Crippen LogP contribution in [0.2, 0.25) is 0 Å². The molecule has 0 aliphatic heterocycles. The number of carbonyl (C=O) groups is 2. The summed E-state index contributed by atoms with van der Waals surface area (Å²) in [5, 5.41) is 0. The van der Waals surface area contributed by atoms with Crippen molar-refractivity contribution in [1.29, 1.82) is 0 Å². The summed E-state index contributed by atoms with van der Waals surface area (Å²) in [6.07, 6.45) is 34.0. The fraction of sp³-hybridized carbons (Fsp3) is 0.636. The van der Waals surface area contributed by atoms with Gasteiger partial charge >= 0.3 is 19.8 Å². The van der Waals surface area contributed by atoms with Crippen LogP contribution in [0.3, 0.4) is 0 Å². The molecule has 0 aromatic rings. The van der Waals surface area contributed by atoms with Gasteiger partial charge in [0.2, 0.25) is 0 Å². The van der Waals surface area contributed by atoms with Crippen molar-refractivity contribution in [3.05, 3.63) is 60.8 Å². The van der Waals surface area contributed by atoms with Crippen LogP contribution in [-0.4, -0.2) is 41.0 Å². The van der Waals surface area contributed by atoms with Gasteiger partial charge in [0, 0.05) is 12.8 Å². The number of rotatable bonds is 27. The smallest absolute Gasteiger partial charge is 0.462 e. The number of hydrogen-bond donors (Lipinski definition) is 2. The van der Waals surface area contributed by atoms with E-state index in [-0.39, 0.29) is 19.4 Å². The molecule has 0 radical (unpaired) electrons. The lowest BCUT2D eigenvalue weighted by atomic mass is 10.1. The minimum atomic E-state index is -4.75. The van der Waals surface area contributed by atoms with Gasteiger partial charge in [0.15, 0.2) is 6.10 Å². The van der Waals surface area contributed by atoms with Crippen molar-refractivity contribution in [2.24, 2.45) is 0 Å². The molecule has 0 aromatic carbocycles. The SMILES string of the molecule is CC/C=C/C/C=C/C/C=C/C/C=C/C/C=C/CCCC(=O)OC[C@H](COP(=O)(O)O)OC(=O)CCCCCCCCC. The Hall–Kier alpha value is -2.25. The van der Waals surface area contributed by atoms with Gasteiger partial charge in [-0.05, 0) is 51.4 Å². The second kappa shape index (κ2) is 28.9. The Kier molecular flexibility index (Phi) is 27.3. The predicted molar refractivity (Wildman–Crippen MR) is 170 cm³/mol. The number of hydrogen-bond acceptors (Lipinski definition) is 6. The van der Waals surface area contributed by atoms with Crippen LogP contribution in [0.1, 0.15) is 117 Å². The summed E-state index contributed by atoms with van der Waals surface area (Å²) in [6.45, 7) is 3.42. The van der Waals surface area contributed by atoms with Crippen LogP contribution in [0.5, 0.6) is 0 Å². The standard InChI is InChI=1S/C33H55O8P/c1-3-5-7-9-11-12-13-14-15-16-17-18-19-20-22-23-25-27-32(34)39-29-31(30-40-42(36,37)38)41-33(35)28-26-24-21-10-8-6-4-2/h5,7,11-12,14-15,17-18,20,22,31H,3-4,6,8-10,13,16,19,21,23-30H2,1-2H3,(H2,36,37,38)/b7-5+,12-11+,15-14+,18-17+,22-20+/t31-/m1/s1. The highest BCUT2D eigenvalue weighted by Gasteiger charge is 2.22.